The van der Waals surface area contributed by atoms with Crippen LogP contribution in [0, 0.1) is 0 Å². The Morgan fingerprint density at radius 3 is 1.24 bits per heavy atom. The van der Waals surface area contributed by atoms with E-state index in [0.717, 1.165) is 0 Å². The van der Waals surface area contributed by atoms with Crippen LogP contribution in [0.4, 0.5) is 0 Å². The molecule has 0 heterocycles. The van der Waals surface area contributed by atoms with E-state index >= 15 is 0 Å². The van der Waals surface area contributed by atoms with Crippen molar-refractivity contribution < 1.29 is 13.0 Å². The van der Waals surface area contributed by atoms with Crippen molar-refractivity contribution in [1.29, 1.82) is 0 Å². The molecule has 21 heavy (non-hydrogen) atoms. The van der Waals surface area contributed by atoms with Gasteiger partial charge in [-0.1, -0.05) is 0 Å². The van der Waals surface area contributed by atoms with Gasteiger partial charge in [0.2, 0.25) is 0 Å². The maximum Gasteiger partial charge on any atom is 0.476 e. The fourth-order valence-corrected chi connectivity index (χ4v) is 8.99. The molecule has 0 amide bonds. The molecule has 0 aromatic heterocycles. The Bertz CT molecular complexity index is 424. The number of nitrogens with zero attached hydrogens (tertiary/aromatic N) is 2. The summed E-state index contributed by atoms with van der Waals surface area (Å²) in [6.07, 6.45) is 0. The minimum Gasteiger partial charge on any atom is -0.379 e. The van der Waals surface area contributed by atoms with Crippen LogP contribution >= 0.6 is 24.4 Å². The molecular weight excluding hydrogens is 340 g/mol. The first-order valence-corrected chi connectivity index (χ1v) is 11.9. The second kappa shape index (κ2) is 7.45. The summed E-state index contributed by atoms with van der Waals surface area (Å²) in [5, 5.41) is 4.71. The Kier molecular flexibility index (Phi) is 7.42. The Balaban J connectivity index is 5.53. The Morgan fingerprint density at radius 2 is 1.05 bits per heavy atom. The molecule has 0 spiro atoms. The number of thiocarbonyl (C=S) groups is 2. The normalized spacial score (nSPS) is 17.9. The van der Waals surface area contributed by atoms with Crippen LogP contribution < -0.4 is 0 Å². The summed E-state index contributed by atoms with van der Waals surface area (Å²) >= 11 is 9.44. The highest BCUT2D eigenvalue weighted by Gasteiger charge is 2.49. The van der Waals surface area contributed by atoms with Crippen molar-refractivity contribution in [3.63, 3.8) is 0 Å². The lowest BCUT2D eigenvalue weighted by atomic mass is 10.2. The summed E-state index contributed by atoms with van der Waals surface area (Å²) in [7, 11) is -5.98. The van der Waals surface area contributed by atoms with E-state index < -0.39 is 28.6 Å². The minimum absolute atomic E-state index is 0.435. The highest BCUT2D eigenvalue weighted by Crippen LogP contribution is 2.27. The zero-order valence-corrected chi connectivity index (χ0v) is 17.6. The van der Waals surface area contributed by atoms with E-state index in [4.69, 9.17) is 37.4 Å². The van der Waals surface area contributed by atoms with Crippen LogP contribution in [0.5, 0.6) is 0 Å². The van der Waals surface area contributed by atoms with Crippen LogP contribution in [0.3, 0.4) is 0 Å². The van der Waals surface area contributed by atoms with E-state index in [9.17, 15) is 0 Å². The van der Waals surface area contributed by atoms with E-state index in [2.05, 4.69) is 19.6 Å². The molecule has 9 heteroatoms. The van der Waals surface area contributed by atoms with Crippen molar-refractivity contribution in [2.45, 2.75) is 65.8 Å². The molecule has 0 aliphatic rings. The average Bonchev–Trinajstić information content (AvgIpc) is 2.08. The SMILES string of the molecule is CC(C)(C)O[Si](C)(N=C=S)O[Si](C)(N=C=S)OC(C)(C)C. The molecule has 2 atom stereocenters. The van der Waals surface area contributed by atoms with Crippen molar-refractivity contribution >= 4 is 52.2 Å². The first-order chi connectivity index (χ1) is 9.24. The fraction of sp³-hybridized carbons (Fsp3) is 0.833. The lowest BCUT2D eigenvalue weighted by Crippen LogP contribution is -2.55. The number of isothiocyanates is 2. The van der Waals surface area contributed by atoms with Gasteiger partial charge in [0.25, 0.3) is 0 Å². The van der Waals surface area contributed by atoms with Gasteiger partial charge in [-0.25, -0.2) is 9.32 Å². The quantitative estimate of drug-likeness (QED) is 0.405. The van der Waals surface area contributed by atoms with Crippen LogP contribution in [-0.2, 0) is 13.0 Å². The lowest BCUT2D eigenvalue weighted by molar-refractivity contribution is 0.0578. The van der Waals surface area contributed by atoms with Gasteiger partial charge in [0.1, 0.15) is 0 Å². The van der Waals surface area contributed by atoms with Crippen molar-refractivity contribution in [1.82, 2.24) is 0 Å². The van der Waals surface area contributed by atoms with Gasteiger partial charge in [-0.05, 0) is 66.0 Å². The maximum absolute atomic E-state index is 6.10. The summed E-state index contributed by atoms with van der Waals surface area (Å²) < 4.78 is 26.3. The third kappa shape index (κ3) is 9.52. The van der Waals surface area contributed by atoms with Gasteiger partial charge in [0.15, 0.2) is 0 Å². The molecule has 0 rings (SSSR count). The topological polar surface area (TPSA) is 52.4 Å². The van der Waals surface area contributed by atoms with E-state index in [1.54, 1.807) is 13.1 Å². The van der Waals surface area contributed by atoms with Crippen LogP contribution in [-0.4, -0.2) is 39.0 Å². The molecule has 120 valence electrons. The van der Waals surface area contributed by atoms with E-state index in [1.807, 2.05) is 41.5 Å². The largest absolute Gasteiger partial charge is 0.476 e. The van der Waals surface area contributed by atoms with Gasteiger partial charge in [-0.2, -0.15) is 0 Å². The average molecular weight is 365 g/mol. The molecule has 0 radical (unpaired) electrons. The zero-order valence-electron chi connectivity index (χ0n) is 13.9. The van der Waals surface area contributed by atoms with Gasteiger partial charge in [-0.3, -0.25) is 0 Å². The predicted octanol–water partition coefficient (Wildman–Crippen LogP) is 3.98. The van der Waals surface area contributed by atoms with Crippen molar-refractivity contribution in [3.05, 3.63) is 0 Å². The predicted molar refractivity (Wildman–Crippen MR) is 96.0 cm³/mol. The number of hydrogen-bond donors (Lipinski definition) is 0. The molecule has 0 aromatic carbocycles. The van der Waals surface area contributed by atoms with E-state index in [1.165, 1.54) is 0 Å². The van der Waals surface area contributed by atoms with Gasteiger partial charge in [-0.15, -0.1) is 0 Å². The Labute approximate surface area is 140 Å². The van der Waals surface area contributed by atoms with Crippen molar-refractivity contribution in [2.24, 2.45) is 9.32 Å². The molecule has 5 nitrogen and oxygen atoms in total. The summed E-state index contributed by atoms with van der Waals surface area (Å²) in [5.74, 6) is 0. The molecule has 0 saturated heterocycles. The first kappa shape index (κ1) is 20.9. The molecule has 2 unspecified atom stereocenters. The van der Waals surface area contributed by atoms with Crippen molar-refractivity contribution in [3.8, 4) is 0 Å². The molecule has 0 aliphatic carbocycles. The summed E-state index contributed by atoms with van der Waals surface area (Å²) in [6, 6.07) is 0. The zero-order chi connectivity index (χ0) is 16.9. The Hall–Kier alpha value is -0.0862. The molecule has 0 N–H and O–H groups in total. The van der Waals surface area contributed by atoms with E-state index in [-0.39, 0.29) is 0 Å². The molecule has 0 bridgehead atoms. The molecule has 0 saturated carbocycles. The van der Waals surface area contributed by atoms with Crippen LogP contribution in [0.25, 0.3) is 0 Å². The second-order valence-corrected chi connectivity index (χ2v) is 12.4. The van der Waals surface area contributed by atoms with Crippen LogP contribution in [0.1, 0.15) is 41.5 Å². The third-order valence-corrected chi connectivity index (χ3v) is 8.42. The second-order valence-electron chi connectivity index (χ2n) is 6.73. The molecule has 0 aromatic rings. The summed E-state index contributed by atoms with van der Waals surface area (Å²) in [6.45, 7) is 15.1. The highest BCUT2D eigenvalue weighted by molar-refractivity contribution is 7.78. The number of hydrogen-bond acceptors (Lipinski definition) is 7. The molecule has 0 fully saturated rings. The highest BCUT2D eigenvalue weighted by atomic mass is 32.1. The molecule has 0 aliphatic heterocycles. The van der Waals surface area contributed by atoms with Crippen molar-refractivity contribution in [2.75, 3.05) is 0 Å². The summed E-state index contributed by atoms with van der Waals surface area (Å²) in [5.41, 5.74) is -0.871. The van der Waals surface area contributed by atoms with E-state index in [0.29, 0.717) is 0 Å². The standard InChI is InChI=1S/C12H24N2O3S2Si2/c1-11(2,3)15-20(7,13-9-18)17-21(8,14-10-19)16-12(4,5)6/h1-8H3. The van der Waals surface area contributed by atoms with Gasteiger partial charge >= 0.3 is 17.4 Å². The van der Waals surface area contributed by atoms with Gasteiger partial charge in [0, 0.05) is 13.1 Å². The van der Waals surface area contributed by atoms with Gasteiger partial charge < -0.3 is 13.0 Å². The maximum atomic E-state index is 6.10. The minimum atomic E-state index is -2.99. The number of rotatable bonds is 6. The summed E-state index contributed by atoms with van der Waals surface area (Å²) in [4.78, 5) is 0. The Morgan fingerprint density at radius 1 is 0.762 bits per heavy atom. The first-order valence-electron chi connectivity index (χ1n) is 6.53. The van der Waals surface area contributed by atoms with Gasteiger partial charge in [0.05, 0.1) is 21.5 Å². The smallest absolute Gasteiger partial charge is 0.379 e. The fourth-order valence-electron chi connectivity index (χ4n) is 1.79. The lowest BCUT2D eigenvalue weighted by Gasteiger charge is -2.37. The van der Waals surface area contributed by atoms with Crippen LogP contribution in [0.15, 0.2) is 9.32 Å². The van der Waals surface area contributed by atoms with Crippen LogP contribution in [0.2, 0.25) is 13.1 Å². The monoisotopic (exact) mass is 364 g/mol. The third-order valence-electron chi connectivity index (χ3n) is 1.87. The molecular formula is C12H24N2O3S2Si2.